The van der Waals surface area contributed by atoms with E-state index < -0.39 is 0 Å². The highest BCUT2D eigenvalue weighted by atomic mass is 16.3. The van der Waals surface area contributed by atoms with Crippen LogP contribution in [0.2, 0.25) is 0 Å². The minimum atomic E-state index is 0.227. The van der Waals surface area contributed by atoms with Crippen LogP contribution >= 0.6 is 0 Å². The summed E-state index contributed by atoms with van der Waals surface area (Å²) >= 11 is 0. The van der Waals surface area contributed by atoms with Crippen LogP contribution in [0.5, 0.6) is 0 Å². The molecule has 7 nitrogen and oxygen atoms in total. The van der Waals surface area contributed by atoms with E-state index in [1.807, 2.05) is 12.3 Å². The van der Waals surface area contributed by atoms with Crippen molar-refractivity contribution in [2.45, 2.75) is 102 Å². The Kier molecular flexibility index (Phi) is 12.0. The quantitative estimate of drug-likeness (QED) is 0.324. The van der Waals surface area contributed by atoms with E-state index in [1.54, 1.807) is 6.33 Å². The molecular weight excluding hydrogens is 414 g/mol. The summed E-state index contributed by atoms with van der Waals surface area (Å²) in [6.07, 6.45) is 21.2. The zero-order valence-corrected chi connectivity index (χ0v) is 20.4. The molecule has 186 valence electrons. The number of hydrogen-bond acceptors (Lipinski definition) is 6. The molecule has 0 unspecified atom stereocenters. The van der Waals surface area contributed by atoms with Gasteiger partial charge in [-0.1, -0.05) is 51.4 Å². The van der Waals surface area contributed by atoms with E-state index in [2.05, 4.69) is 25.2 Å². The average molecular weight is 460 g/mol. The van der Waals surface area contributed by atoms with Crippen LogP contribution in [-0.4, -0.2) is 63.6 Å². The Morgan fingerprint density at radius 2 is 1.55 bits per heavy atom. The second-order valence-corrected chi connectivity index (χ2v) is 9.57. The van der Waals surface area contributed by atoms with Crippen LogP contribution in [-0.2, 0) is 0 Å². The summed E-state index contributed by atoms with van der Waals surface area (Å²) < 4.78 is 0. The molecule has 0 aliphatic heterocycles. The molecule has 0 radical (unpaired) electrons. The third-order valence-corrected chi connectivity index (χ3v) is 7.05. The first-order valence-electron chi connectivity index (χ1n) is 13.3. The van der Waals surface area contributed by atoms with Gasteiger partial charge in [0.15, 0.2) is 0 Å². The first-order valence-corrected chi connectivity index (χ1v) is 13.3. The van der Waals surface area contributed by atoms with Crippen molar-refractivity contribution in [3.63, 3.8) is 0 Å². The first kappa shape index (κ1) is 25.9. The minimum absolute atomic E-state index is 0.227. The lowest BCUT2D eigenvalue weighted by atomic mass is 10.1. The van der Waals surface area contributed by atoms with Gasteiger partial charge in [0.05, 0.1) is 5.39 Å². The monoisotopic (exact) mass is 459 g/mol. The van der Waals surface area contributed by atoms with Crippen molar-refractivity contribution in [3.05, 3.63) is 18.6 Å². The maximum atomic E-state index is 9.22. The molecule has 7 heteroatoms. The molecule has 2 aliphatic rings. The van der Waals surface area contributed by atoms with Crippen molar-refractivity contribution in [3.8, 4) is 0 Å². The van der Waals surface area contributed by atoms with Gasteiger partial charge in [-0.2, -0.15) is 0 Å². The summed E-state index contributed by atoms with van der Waals surface area (Å²) in [7, 11) is 0. The first-order chi connectivity index (χ1) is 16.3. The molecule has 2 saturated carbocycles. The number of aromatic nitrogens is 3. The van der Waals surface area contributed by atoms with Gasteiger partial charge >= 0.3 is 0 Å². The Labute approximate surface area is 199 Å². The van der Waals surface area contributed by atoms with Crippen molar-refractivity contribution in [1.29, 1.82) is 0 Å². The number of aliphatic hydroxyl groups is 2. The maximum absolute atomic E-state index is 9.22. The molecule has 0 saturated heterocycles. The van der Waals surface area contributed by atoms with Gasteiger partial charge in [-0.25, -0.2) is 9.97 Å². The summed E-state index contributed by atoms with van der Waals surface area (Å²) in [5.41, 5.74) is 0.891. The lowest BCUT2D eigenvalue weighted by molar-refractivity contribution is 0.281. The highest BCUT2D eigenvalue weighted by Crippen LogP contribution is 2.29. The van der Waals surface area contributed by atoms with Crippen molar-refractivity contribution in [2.75, 3.05) is 31.2 Å². The normalized spacial score (nSPS) is 18.4. The zero-order chi connectivity index (χ0) is 23.1. The molecule has 2 aliphatic carbocycles. The van der Waals surface area contributed by atoms with Gasteiger partial charge < -0.3 is 25.4 Å². The van der Waals surface area contributed by atoms with Gasteiger partial charge in [-0.05, 0) is 51.1 Å². The highest BCUT2D eigenvalue weighted by Gasteiger charge is 2.23. The van der Waals surface area contributed by atoms with Crippen LogP contribution in [0.1, 0.15) is 89.9 Å². The van der Waals surface area contributed by atoms with E-state index in [1.165, 1.54) is 77.0 Å². The number of fused-ring (bicyclic) bond motifs is 1. The standard InChI is InChI=1S/C16H24N4O.C10H21NO/c21-11-5-10-20(13-6-3-1-2-4-7-13)16-14-8-9-17-15(14)18-12-19-16;12-9-5-8-11-10-6-3-1-2-4-7-10/h8-9,12-13,21H,1-7,10-11H2,(H,17,18,19);10-12H,1-9H2. The van der Waals surface area contributed by atoms with E-state index in [0.29, 0.717) is 12.6 Å². The van der Waals surface area contributed by atoms with E-state index in [9.17, 15) is 5.11 Å². The molecule has 2 aromatic rings. The Balaban J connectivity index is 0.000000218. The number of nitrogens with zero attached hydrogens (tertiary/aromatic N) is 3. The number of aliphatic hydroxyl groups excluding tert-OH is 2. The molecule has 4 N–H and O–H groups in total. The van der Waals surface area contributed by atoms with Gasteiger partial charge in [-0.15, -0.1) is 0 Å². The van der Waals surface area contributed by atoms with E-state index in [4.69, 9.17) is 5.11 Å². The molecule has 33 heavy (non-hydrogen) atoms. The summed E-state index contributed by atoms with van der Waals surface area (Å²) in [4.78, 5) is 14.4. The fourth-order valence-electron chi connectivity index (χ4n) is 5.23. The number of nitrogens with one attached hydrogen (secondary N) is 2. The lowest BCUT2D eigenvalue weighted by Gasteiger charge is -2.32. The van der Waals surface area contributed by atoms with Crippen LogP contribution in [0.25, 0.3) is 11.0 Å². The lowest BCUT2D eigenvalue weighted by Crippen LogP contribution is -2.37. The summed E-state index contributed by atoms with van der Waals surface area (Å²) in [6, 6.07) is 3.32. The van der Waals surface area contributed by atoms with Crippen LogP contribution in [0.15, 0.2) is 18.6 Å². The highest BCUT2D eigenvalue weighted by molar-refractivity contribution is 5.87. The summed E-state index contributed by atoms with van der Waals surface area (Å²) in [5.74, 6) is 1.02. The topological polar surface area (TPSA) is 97.3 Å². The van der Waals surface area contributed by atoms with E-state index in [0.717, 1.165) is 48.8 Å². The van der Waals surface area contributed by atoms with Gasteiger partial charge in [0.2, 0.25) is 0 Å². The molecule has 2 aromatic heterocycles. The van der Waals surface area contributed by atoms with Crippen molar-refractivity contribution >= 4 is 16.9 Å². The summed E-state index contributed by atoms with van der Waals surface area (Å²) in [6.45, 7) is 2.39. The predicted molar refractivity (Wildman–Crippen MR) is 136 cm³/mol. The molecule has 2 fully saturated rings. The third kappa shape index (κ3) is 8.54. The molecule has 0 aromatic carbocycles. The largest absolute Gasteiger partial charge is 0.396 e. The summed E-state index contributed by atoms with van der Waals surface area (Å²) in [5, 5.41) is 22.4. The van der Waals surface area contributed by atoms with Gasteiger partial charge in [0, 0.05) is 38.0 Å². The predicted octanol–water partition coefficient (Wildman–Crippen LogP) is 4.55. The molecule has 4 rings (SSSR count). The number of H-pyrrole nitrogens is 1. The van der Waals surface area contributed by atoms with Crippen LogP contribution in [0, 0.1) is 0 Å². The van der Waals surface area contributed by atoms with Crippen LogP contribution in [0.3, 0.4) is 0 Å². The molecule has 0 atom stereocenters. The van der Waals surface area contributed by atoms with Gasteiger partial charge in [0.1, 0.15) is 17.8 Å². The van der Waals surface area contributed by atoms with Crippen molar-refractivity contribution < 1.29 is 10.2 Å². The molecule has 0 amide bonds. The second-order valence-electron chi connectivity index (χ2n) is 9.57. The smallest absolute Gasteiger partial charge is 0.142 e. The van der Waals surface area contributed by atoms with Crippen molar-refractivity contribution in [2.24, 2.45) is 0 Å². The number of aromatic amines is 1. The Hall–Kier alpha value is -1.70. The molecule has 0 bridgehead atoms. The fraction of sp³-hybridized carbons (Fsp3) is 0.769. The molecule has 2 heterocycles. The third-order valence-electron chi connectivity index (χ3n) is 7.05. The second kappa shape index (κ2) is 15.3. The number of anilines is 1. The van der Waals surface area contributed by atoms with Crippen LogP contribution in [0.4, 0.5) is 5.82 Å². The maximum Gasteiger partial charge on any atom is 0.142 e. The fourth-order valence-corrected chi connectivity index (χ4v) is 5.23. The molecular formula is C26H45N5O2. The van der Waals surface area contributed by atoms with E-state index in [-0.39, 0.29) is 6.61 Å². The Morgan fingerprint density at radius 3 is 2.21 bits per heavy atom. The Morgan fingerprint density at radius 1 is 0.879 bits per heavy atom. The van der Waals surface area contributed by atoms with E-state index >= 15 is 0 Å². The van der Waals surface area contributed by atoms with Crippen LogP contribution < -0.4 is 10.2 Å². The van der Waals surface area contributed by atoms with Crippen molar-refractivity contribution in [1.82, 2.24) is 20.3 Å². The SMILES string of the molecule is OCCCN(c1ncnc2[nH]ccc12)C1CCCCCC1.OCCCNC1CCCCCC1. The number of hydrogen-bond donors (Lipinski definition) is 4. The Bertz CT molecular complexity index is 752. The molecule has 0 spiro atoms. The van der Waals surface area contributed by atoms with Gasteiger partial charge in [0.25, 0.3) is 0 Å². The average Bonchev–Trinajstić information content (AvgIpc) is 3.01. The number of rotatable bonds is 9. The van der Waals surface area contributed by atoms with Gasteiger partial charge in [-0.3, -0.25) is 0 Å². The zero-order valence-electron chi connectivity index (χ0n) is 20.4. The minimum Gasteiger partial charge on any atom is -0.396 e.